The molecule has 100 valence electrons. The molecule has 17 heavy (non-hydrogen) atoms. The van der Waals surface area contributed by atoms with Crippen molar-refractivity contribution in [3.05, 3.63) is 0 Å². The molecule has 0 aromatic heterocycles. The molecule has 0 aromatic carbocycles. The van der Waals surface area contributed by atoms with Gasteiger partial charge in [-0.1, -0.05) is 13.8 Å². The fourth-order valence-electron chi connectivity index (χ4n) is 2.39. The monoisotopic (exact) mass is 258 g/mol. The third-order valence-electron chi connectivity index (χ3n) is 3.29. The second-order valence-corrected chi connectivity index (χ2v) is 6.60. The number of thioether (sulfide) groups is 1. The summed E-state index contributed by atoms with van der Waals surface area (Å²) in [7, 11) is 0. The van der Waals surface area contributed by atoms with Gasteiger partial charge >= 0.3 is 0 Å². The molecule has 0 bridgehead atoms. The summed E-state index contributed by atoms with van der Waals surface area (Å²) in [4.78, 5) is 14.3. The summed E-state index contributed by atoms with van der Waals surface area (Å²) in [5.74, 6) is 3.42. The molecule has 1 fully saturated rings. The van der Waals surface area contributed by atoms with Gasteiger partial charge in [0, 0.05) is 30.5 Å². The van der Waals surface area contributed by atoms with Crippen LogP contribution < -0.4 is 5.73 Å². The lowest BCUT2D eigenvalue weighted by Crippen LogP contribution is -2.45. The van der Waals surface area contributed by atoms with Gasteiger partial charge in [0.05, 0.1) is 0 Å². The van der Waals surface area contributed by atoms with Crippen molar-refractivity contribution in [2.75, 3.05) is 24.6 Å². The van der Waals surface area contributed by atoms with Crippen molar-refractivity contribution in [3.8, 4) is 0 Å². The van der Waals surface area contributed by atoms with Gasteiger partial charge in [-0.15, -0.1) is 0 Å². The van der Waals surface area contributed by atoms with E-state index in [2.05, 4.69) is 20.8 Å². The van der Waals surface area contributed by atoms with Crippen LogP contribution >= 0.6 is 11.8 Å². The van der Waals surface area contributed by atoms with E-state index in [1.165, 1.54) is 0 Å². The third kappa shape index (κ3) is 4.88. The Bertz CT molecular complexity index is 246. The highest BCUT2D eigenvalue weighted by atomic mass is 32.2. The maximum absolute atomic E-state index is 12.2. The number of carbonyl (C=O) groups excluding carboxylic acids is 1. The second-order valence-electron chi connectivity index (χ2n) is 5.45. The van der Waals surface area contributed by atoms with E-state index < -0.39 is 0 Å². The number of nitrogens with two attached hydrogens (primary N) is 1. The van der Waals surface area contributed by atoms with Crippen LogP contribution in [0.15, 0.2) is 0 Å². The highest BCUT2D eigenvalue weighted by Gasteiger charge is 2.25. The lowest BCUT2D eigenvalue weighted by Gasteiger charge is -2.34. The molecule has 0 aliphatic carbocycles. The maximum atomic E-state index is 12.2. The first-order valence-electron chi connectivity index (χ1n) is 6.61. The van der Waals surface area contributed by atoms with Crippen LogP contribution in [0.1, 0.15) is 33.6 Å². The highest BCUT2D eigenvalue weighted by molar-refractivity contribution is 7.99. The van der Waals surface area contributed by atoms with Gasteiger partial charge in [0.2, 0.25) is 5.91 Å². The van der Waals surface area contributed by atoms with Crippen molar-refractivity contribution in [2.24, 2.45) is 17.6 Å². The number of nitrogens with zero attached hydrogens (tertiary/aromatic N) is 1. The van der Waals surface area contributed by atoms with Crippen molar-refractivity contribution < 1.29 is 4.79 Å². The Labute approximate surface area is 109 Å². The molecule has 2 unspecified atom stereocenters. The number of rotatable bonds is 5. The molecule has 0 saturated carbocycles. The predicted octanol–water partition coefficient (Wildman–Crippen LogP) is 1.96. The topological polar surface area (TPSA) is 46.3 Å². The molecule has 4 heteroatoms. The predicted molar refractivity (Wildman–Crippen MR) is 75.1 cm³/mol. The third-order valence-corrected chi connectivity index (χ3v) is 4.48. The van der Waals surface area contributed by atoms with Crippen LogP contribution in [-0.2, 0) is 4.79 Å². The Morgan fingerprint density at radius 2 is 2.24 bits per heavy atom. The molecule has 2 atom stereocenters. The zero-order valence-electron chi connectivity index (χ0n) is 11.3. The van der Waals surface area contributed by atoms with Crippen molar-refractivity contribution in [1.82, 2.24) is 4.90 Å². The summed E-state index contributed by atoms with van der Waals surface area (Å²) in [6.45, 7) is 8.05. The van der Waals surface area contributed by atoms with Crippen LogP contribution in [0.4, 0.5) is 0 Å². The van der Waals surface area contributed by atoms with Crippen molar-refractivity contribution >= 4 is 17.7 Å². The van der Waals surface area contributed by atoms with Crippen LogP contribution in [0, 0.1) is 11.8 Å². The van der Waals surface area contributed by atoms with E-state index in [-0.39, 0.29) is 0 Å². The Hall–Kier alpha value is -0.220. The van der Waals surface area contributed by atoms with Gasteiger partial charge in [-0.2, -0.15) is 11.8 Å². The van der Waals surface area contributed by atoms with E-state index in [1.807, 2.05) is 16.7 Å². The van der Waals surface area contributed by atoms with Gasteiger partial charge in [0.25, 0.3) is 0 Å². The Balaban J connectivity index is 2.45. The molecule has 0 spiro atoms. The largest absolute Gasteiger partial charge is 0.338 e. The van der Waals surface area contributed by atoms with E-state index in [0.29, 0.717) is 36.8 Å². The number of carbonyl (C=O) groups is 1. The minimum atomic E-state index is 0.300. The van der Waals surface area contributed by atoms with Gasteiger partial charge in [-0.05, 0) is 31.7 Å². The van der Waals surface area contributed by atoms with Gasteiger partial charge in [-0.25, -0.2) is 0 Å². The minimum absolute atomic E-state index is 0.300. The second kappa shape index (κ2) is 7.27. The molecule has 2 N–H and O–H groups in total. The average molecular weight is 258 g/mol. The smallest absolute Gasteiger partial charge is 0.223 e. The first kappa shape index (κ1) is 14.8. The average Bonchev–Trinajstić information content (AvgIpc) is 2.27. The number of hydrogen-bond donors (Lipinski definition) is 1. The lowest BCUT2D eigenvalue weighted by atomic mass is 9.93. The first-order chi connectivity index (χ1) is 8.04. The first-order valence-corrected chi connectivity index (χ1v) is 7.77. The Morgan fingerprint density at radius 1 is 1.53 bits per heavy atom. The summed E-state index contributed by atoms with van der Waals surface area (Å²) in [6.07, 6.45) is 1.68. The normalized spacial score (nSPS) is 22.9. The molecule has 3 nitrogen and oxygen atoms in total. The van der Waals surface area contributed by atoms with Gasteiger partial charge < -0.3 is 10.6 Å². The van der Waals surface area contributed by atoms with Crippen molar-refractivity contribution in [3.63, 3.8) is 0 Å². The lowest BCUT2D eigenvalue weighted by molar-refractivity contribution is -0.133. The molecule has 1 rings (SSSR count). The molecule has 1 saturated heterocycles. The molecule has 1 aliphatic heterocycles. The Morgan fingerprint density at radius 3 is 2.76 bits per heavy atom. The summed E-state index contributed by atoms with van der Waals surface area (Å²) in [5, 5.41) is 0. The fraction of sp³-hybridized carbons (Fsp3) is 0.923. The van der Waals surface area contributed by atoms with Gasteiger partial charge in [0.15, 0.2) is 0 Å². The van der Waals surface area contributed by atoms with E-state index in [4.69, 9.17) is 5.73 Å². The van der Waals surface area contributed by atoms with Crippen molar-refractivity contribution in [1.29, 1.82) is 0 Å². The fourth-order valence-corrected chi connectivity index (χ4v) is 3.40. The molecule has 1 heterocycles. The summed E-state index contributed by atoms with van der Waals surface area (Å²) in [5.41, 5.74) is 5.76. The number of hydrogen-bond acceptors (Lipinski definition) is 3. The van der Waals surface area contributed by atoms with Crippen LogP contribution in [-0.4, -0.2) is 41.4 Å². The minimum Gasteiger partial charge on any atom is -0.338 e. The summed E-state index contributed by atoms with van der Waals surface area (Å²) < 4.78 is 0. The zero-order chi connectivity index (χ0) is 12.8. The van der Waals surface area contributed by atoms with E-state index >= 15 is 0 Å². The van der Waals surface area contributed by atoms with Gasteiger partial charge in [0.1, 0.15) is 0 Å². The molecule has 1 amide bonds. The van der Waals surface area contributed by atoms with Crippen LogP contribution in [0.25, 0.3) is 0 Å². The SMILES string of the molecule is CC(C)CC(CN)CC(=O)N1CCSCC1C. The molecular weight excluding hydrogens is 232 g/mol. The van der Waals surface area contributed by atoms with E-state index in [0.717, 1.165) is 24.5 Å². The highest BCUT2D eigenvalue weighted by Crippen LogP contribution is 2.20. The molecular formula is C13H26N2OS. The quantitative estimate of drug-likeness (QED) is 0.820. The molecule has 0 aromatic rings. The zero-order valence-corrected chi connectivity index (χ0v) is 12.1. The van der Waals surface area contributed by atoms with E-state index in [9.17, 15) is 4.79 Å². The maximum Gasteiger partial charge on any atom is 0.223 e. The summed E-state index contributed by atoms with van der Waals surface area (Å²) >= 11 is 1.94. The van der Waals surface area contributed by atoms with Crippen LogP contribution in [0.5, 0.6) is 0 Å². The standard InChI is InChI=1S/C13H26N2OS/c1-10(2)6-12(8-14)7-13(16)15-4-5-17-9-11(15)3/h10-12H,4-9,14H2,1-3H3. The van der Waals surface area contributed by atoms with Gasteiger partial charge in [-0.3, -0.25) is 4.79 Å². The van der Waals surface area contributed by atoms with Crippen molar-refractivity contribution in [2.45, 2.75) is 39.7 Å². The summed E-state index contributed by atoms with van der Waals surface area (Å²) in [6, 6.07) is 0.388. The van der Waals surface area contributed by atoms with E-state index in [1.54, 1.807) is 0 Å². The molecule has 1 aliphatic rings. The van der Waals surface area contributed by atoms with Crippen LogP contribution in [0.3, 0.4) is 0 Å². The Kier molecular flexibility index (Phi) is 6.34. The molecule has 0 radical (unpaired) electrons. The van der Waals surface area contributed by atoms with Crippen LogP contribution in [0.2, 0.25) is 0 Å². The number of amides is 1.